The molecule has 1 aromatic rings. The molecule has 2 aliphatic heterocycles. The Morgan fingerprint density at radius 3 is 2.43 bits per heavy atom. The highest BCUT2D eigenvalue weighted by molar-refractivity contribution is 7.89. The maximum atomic E-state index is 13.0. The van der Waals surface area contributed by atoms with Crippen LogP contribution < -0.4 is 0 Å². The lowest BCUT2D eigenvalue weighted by molar-refractivity contribution is 0.153. The van der Waals surface area contributed by atoms with E-state index in [0.29, 0.717) is 13.1 Å². The Morgan fingerprint density at radius 1 is 1.10 bits per heavy atom. The zero-order valence-electron chi connectivity index (χ0n) is 12.3. The highest BCUT2D eigenvalue weighted by Gasteiger charge is 2.43. The molecule has 0 N–H and O–H groups in total. The van der Waals surface area contributed by atoms with Crippen LogP contribution in [0.2, 0.25) is 0 Å². The minimum absolute atomic E-state index is 0.0973. The molecule has 0 aromatic heterocycles. The van der Waals surface area contributed by atoms with Crippen molar-refractivity contribution in [2.75, 3.05) is 33.2 Å². The normalized spacial score (nSPS) is 28.3. The molecule has 1 atom stereocenters. The summed E-state index contributed by atoms with van der Waals surface area (Å²) in [6, 6.07) is 5.12. The lowest BCUT2D eigenvalue weighted by Crippen LogP contribution is -2.47. The Morgan fingerprint density at radius 2 is 1.81 bits per heavy atom. The van der Waals surface area contributed by atoms with Gasteiger partial charge in [0.2, 0.25) is 10.0 Å². The number of rotatable bonds is 2. The summed E-state index contributed by atoms with van der Waals surface area (Å²) >= 11 is 0. The van der Waals surface area contributed by atoms with E-state index in [4.69, 9.17) is 0 Å². The summed E-state index contributed by atoms with van der Waals surface area (Å²) in [5.74, 6) is -0.415. The van der Waals surface area contributed by atoms with Gasteiger partial charge in [0.05, 0.1) is 4.90 Å². The number of hydrogen-bond acceptors (Lipinski definition) is 3. The van der Waals surface area contributed by atoms with E-state index in [2.05, 4.69) is 11.9 Å². The Bertz CT molecular complexity index is 613. The average molecular weight is 312 g/mol. The number of piperidine rings is 1. The van der Waals surface area contributed by atoms with Crippen molar-refractivity contribution in [1.82, 2.24) is 9.21 Å². The van der Waals surface area contributed by atoms with Crippen molar-refractivity contribution in [3.05, 3.63) is 30.1 Å². The molecule has 2 saturated heterocycles. The van der Waals surface area contributed by atoms with Gasteiger partial charge in [0.15, 0.2) is 0 Å². The molecule has 0 radical (unpaired) electrons. The predicted molar refractivity (Wildman–Crippen MR) is 78.9 cm³/mol. The first-order valence-electron chi connectivity index (χ1n) is 7.36. The van der Waals surface area contributed by atoms with E-state index < -0.39 is 15.8 Å². The van der Waals surface area contributed by atoms with Gasteiger partial charge in [0, 0.05) is 19.6 Å². The standard InChI is InChI=1S/C15H21FN2O2S/c1-17-10-8-15(11-17)7-2-9-18(12-15)21(19,20)14-5-3-13(16)4-6-14/h3-6H,2,7-12H2,1H3. The van der Waals surface area contributed by atoms with Crippen LogP contribution in [0.3, 0.4) is 0 Å². The second-order valence-corrected chi connectivity index (χ2v) is 8.32. The van der Waals surface area contributed by atoms with Gasteiger partial charge in [-0.05, 0) is 62.5 Å². The lowest BCUT2D eigenvalue weighted by atomic mass is 9.80. The SMILES string of the molecule is CN1CCC2(CCCN(S(=O)(=O)c3ccc(F)cc3)C2)C1. The van der Waals surface area contributed by atoms with Crippen molar-refractivity contribution in [3.63, 3.8) is 0 Å². The molecule has 116 valence electrons. The first-order valence-corrected chi connectivity index (χ1v) is 8.80. The van der Waals surface area contributed by atoms with Crippen LogP contribution in [0, 0.1) is 11.2 Å². The summed E-state index contributed by atoms with van der Waals surface area (Å²) in [5.41, 5.74) is 0.0973. The van der Waals surface area contributed by atoms with Gasteiger partial charge in [-0.15, -0.1) is 0 Å². The molecule has 0 amide bonds. The van der Waals surface area contributed by atoms with Gasteiger partial charge in [-0.3, -0.25) is 0 Å². The fraction of sp³-hybridized carbons (Fsp3) is 0.600. The van der Waals surface area contributed by atoms with E-state index in [1.54, 1.807) is 4.31 Å². The molecule has 2 heterocycles. The van der Waals surface area contributed by atoms with Crippen molar-refractivity contribution in [2.45, 2.75) is 24.2 Å². The number of nitrogens with zero attached hydrogens (tertiary/aromatic N) is 2. The molecule has 6 heteroatoms. The molecule has 3 rings (SSSR count). The van der Waals surface area contributed by atoms with E-state index in [1.165, 1.54) is 24.3 Å². The second kappa shape index (κ2) is 5.34. The van der Waals surface area contributed by atoms with Gasteiger partial charge < -0.3 is 4.90 Å². The first kappa shape index (κ1) is 14.9. The summed E-state index contributed by atoms with van der Waals surface area (Å²) in [6.07, 6.45) is 3.04. The molecule has 1 spiro atoms. The third kappa shape index (κ3) is 2.84. The maximum Gasteiger partial charge on any atom is 0.243 e. The number of hydrogen-bond donors (Lipinski definition) is 0. The highest BCUT2D eigenvalue weighted by Crippen LogP contribution is 2.39. The quantitative estimate of drug-likeness (QED) is 0.838. The maximum absolute atomic E-state index is 13.0. The smallest absolute Gasteiger partial charge is 0.243 e. The van der Waals surface area contributed by atoms with Crippen LogP contribution in [-0.4, -0.2) is 50.8 Å². The summed E-state index contributed by atoms with van der Waals surface area (Å²) in [6.45, 7) is 3.13. The van der Waals surface area contributed by atoms with Crippen molar-refractivity contribution in [3.8, 4) is 0 Å². The Hall–Kier alpha value is -0.980. The zero-order valence-corrected chi connectivity index (χ0v) is 13.1. The number of halogens is 1. The Kier molecular flexibility index (Phi) is 3.80. The molecule has 21 heavy (non-hydrogen) atoms. The van der Waals surface area contributed by atoms with Crippen molar-refractivity contribution in [2.24, 2.45) is 5.41 Å². The second-order valence-electron chi connectivity index (χ2n) is 6.38. The van der Waals surface area contributed by atoms with Gasteiger partial charge in [-0.1, -0.05) is 0 Å². The molecule has 2 aliphatic rings. The molecule has 2 fully saturated rings. The van der Waals surface area contributed by atoms with Crippen molar-refractivity contribution in [1.29, 1.82) is 0 Å². The van der Waals surface area contributed by atoms with E-state index in [0.717, 1.165) is 32.4 Å². The molecular weight excluding hydrogens is 291 g/mol. The third-order valence-corrected chi connectivity index (χ3v) is 6.57. The molecule has 4 nitrogen and oxygen atoms in total. The van der Waals surface area contributed by atoms with Crippen LogP contribution in [0.4, 0.5) is 4.39 Å². The fourth-order valence-corrected chi connectivity index (χ4v) is 5.21. The van der Waals surface area contributed by atoms with E-state index >= 15 is 0 Å². The molecule has 0 saturated carbocycles. The van der Waals surface area contributed by atoms with Crippen molar-refractivity contribution < 1.29 is 12.8 Å². The minimum Gasteiger partial charge on any atom is -0.306 e. The molecule has 1 aromatic carbocycles. The lowest BCUT2D eigenvalue weighted by Gasteiger charge is -2.39. The van der Waals surface area contributed by atoms with Gasteiger partial charge >= 0.3 is 0 Å². The van der Waals surface area contributed by atoms with E-state index in [9.17, 15) is 12.8 Å². The van der Waals surface area contributed by atoms with Crippen LogP contribution in [0.25, 0.3) is 0 Å². The van der Waals surface area contributed by atoms with Crippen LogP contribution in [0.15, 0.2) is 29.2 Å². The predicted octanol–water partition coefficient (Wildman–Crippen LogP) is 1.93. The van der Waals surface area contributed by atoms with Gasteiger partial charge in [-0.25, -0.2) is 12.8 Å². The van der Waals surface area contributed by atoms with Crippen LogP contribution in [0.5, 0.6) is 0 Å². The van der Waals surface area contributed by atoms with Gasteiger partial charge in [0.25, 0.3) is 0 Å². The Balaban J connectivity index is 1.84. The molecular formula is C15H21FN2O2S. The van der Waals surface area contributed by atoms with Crippen molar-refractivity contribution >= 4 is 10.0 Å². The van der Waals surface area contributed by atoms with E-state index in [1.807, 2.05) is 0 Å². The average Bonchev–Trinajstić information content (AvgIpc) is 2.80. The number of sulfonamides is 1. The summed E-state index contributed by atoms with van der Waals surface area (Å²) < 4.78 is 40.0. The molecule has 0 aliphatic carbocycles. The summed E-state index contributed by atoms with van der Waals surface area (Å²) in [5, 5.41) is 0. The number of likely N-dealkylation sites (tertiary alicyclic amines) is 1. The topological polar surface area (TPSA) is 40.6 Å². The largest absolute Gasteiger partial charge is 0.306 e. The van der Waals surface area contributed by atoms with Gasteiger partial charge in [-0.2, -0.15) is 4.31 Å². The Labute approximate surface area is 125 Å². The minimum atomic E-state index is -3.51. The summed E-state index contributed by atoms with van der Waals surface area (Å²) in [7, 11) is -1.43. The third-order valence-electron chi connectivity index (χ3n) is 4.71. The fourth-order valence-electron chi connectivity index (χ4n) is 3.62. The molecule has 0 bridgehead atoms. The van der Waals surface area contributed by atoms with E-state index in [-0.39, 0.29) is 10.3 Å². The monoisotopic (exact) mass is 312 g/mol. The number of benzene rings is 1. The zero-order chi connectivity index (χ0) is 15.1. The first-order chi connectivity index (χ1) is 9.91. The molecule has 1 unspecified atom stereocenters. The van der Waals surface area contributed by atoms with Crippen LogP contribution in [0.1, 0.15) is 19.3 Å². The summed E-state index contributed by atoms with van der Waals surface area (Å²) in [4.78, 5) is 2.46. The highest BCUT2D eigenvalue weighted by atomic mass is 32.2. The van der Waals surface area contributed by atoms with Crippen LogP contribution >= 0.6 is 0 Å². The van der Waals surface area contributed by atoms with Gasteiger partial charge in [0.1, 0.15) is 5.82 Å². The van der Waals surface area contributed by atoms with Crippen LogP contribution in [-0.2, 0) is 10.0 Å².